The van der Waals surface area contributed by atoms with Gasteiger partial charge in [0.05, 0.1) is 6.10 Å². The lowest BCUT2D eigenvalue weighted by Gasteiger charge is -2.27. The van der Waals surface area contributed by atoms with Crippen LogP contribution in [0.1, 0.15) is 41.0 Å². The molecule has 0 unspecified atom stereocenters. The van der Waals surface area contributed by atoms with Gasteiger partial charge in [-0.3, -0.25) is 0 Å². The van der Waals surface area contributed by atoms with E-state index >= 15 is 0 Å². The second-order valence-electron chi connectivity index (χ2n) is 4.51. The van der Waals surface area contributed by atoms with E-state index in [0.29, 0.717) is 5.92 Å². The zero-order valence-corrected chi connectivity index (χ0v) is 7.81. The van der Waals surface area contributed by atoms with Crippen molar-refractivity contribution in [1.29, 1.82) is 0 Å². The highest BCUT2D eigenvalue weighted by atomic mass is 16.3. The molecule has 0 rings (SSSR count). The van der Waals surface area contributed by atoms with Crippen molar-refractivity contribution in [2.24, 2.45) is 11.3 Å². The van der Waals surface area contributed by atoms with Gasteiger partial charge in [-0.25, -0.2) is 0 Å². The molecule has 0 aliphatic carbocycles. The van der Waals surface area contributed by atoms with Crippen LogP contribution in [-0.2, 0) is 0 Å². The molecule has 0 aromatic carbocycles. The standard InChI is InChI=1S/C9H20O/c1-7(2)6-8(10)9(3,4)5/h7-8,10H,6H2,1-5H3/t8-/m1/s1. The fourth-order valence-electron chi connectivity index (χ4n) is 0.800. The summed E-state index contributed by atoms with van der Waals surface area (Å²) in [4.78, 5) is 0. The molecule has 0 amide bonds. The molecular formula is C9H20O. The van der Waals surface area contributed by atoms with Crippen LogP contribution < -0.4 is 0 Å². The Bertz CT molecular complexity index is 89.4. The first-order valence-corrected chi connectivity index (χ1v) is 4.02. The van der Waals surface area contributed by atoms with Gasteiger partial charge in [-0.15, -0.1) is 0 Å². The van der Waals surface area contributed by atoms with Crippen LogP contribution in [0.2, 0.25) is 0 Å². The molecule has 0 saturated carbocycles. The Kier molecular flexibility index (Phi) is 3.37. The van der Waals surface area contributed by atoms with Crippen LogP contribution in [0.15, 0.2) is 0 Å². The number of aliphatic hydroxyl groups excluding tert-OH is 1. The Morgan fingerprint density at radius 3 is 1.70 bits per heavy atom. The molecule has 0 aromatic rings. The monoisotopic (exact) mass is 144 g/mol. The quantitative estimate of drug-likeness (QED) is 0.631. The van der Waals surface area contributed by atoms with Crippen molar-refractivity contribution in [2.45, 2.75) is 47.1 Å². The van der Waals surface area contributed by atoms with E-state index in [9.17, 15) is 5.11 Å². The minimum absolute atomic E-state index is 0.0459. The Morgan fingerprint density at radius 2 is 1.60 bits per heavy atom. The van der Waals surface area contributed by atoms with Crippen LogP contribution in [-0.4, -0.2) is 11.2 Å². The van der Waals surface area contributed by atoms with Crippen molar-refractivity contribution >= 4 is 0 Å². The third-order valence-electron chi connectivity index (χ3n) is 1.69. The van der Waals surface area contributed by atoms with Gasteiger partial charge in [-0.05, 0) is 17.8 Å². The molecule has 62 valence electrons. The molecule has 0 aliphatic heterocycles. The van der Waals surface area contributed by atoms with Crippen LogP contribution in [0.3, 0.4) is 0 Å². The summed E-state index contributed by atoms with van der Waals surface area (Å²) >= 11 is 0. The highest BCUT2D eigenvalue weighted by molar-refractivity contribution is 4.73. The predicted molar refractivity (Wildman–Crippen MR) is 44.9 cm³/mol. The zero-order valence-electron chi connectivity index (χ0n) is 7.81. The van der Waals surface area contributed by atoms with Gasteiger partial charge in [0.1, 0.15) is 0 Å². The maximum Gasteiger partial charge on any atom is 0.0590 e. The SMILES string of the molecule is CC(C)C[C@@H](O)C(C)(C)C. The number of hydrogen-bond acceptors (Lipinski definition) is 1. The van der Waals surface area contributed by atoms with E-state index in [-0.39, 0.29) is 11.5 Å². The van der Waals surface area contributed by atoms with Crippen LogP contribution in [0.5, 0.6) is 0 Å². The van der Waals surface area contributed by atoms with E-state index < -0.39 is 0 Å². The summed E-state index contributed by atoms with van der Waals surface area (Å²) in [5.41, 5.74) is 0.0459. The average Bonchev–Trinajstić information content (AvgIpc) is 1.60. The molecule has 0 radical (unpaired) electrons. The van der Waals surface area contributed by atoms with Gasteiger partial charge >= 0.3 is 0 Å². The fourth-order valence-corrected chi connectivity index (χ4v) is 0.800. The molecular weight excluding hydrogens is 124 g/mol. The largest absolute Gasteiger partial charge is 0.393 e. The van der Waals surface area contributed by atoms with Crippen molar-refractivity contribution in [3.05, 3.63) is 0 Å². The lowest BCUT2D eigenvalue weighted by atomic mass is 9.84. The second kappa shape index (κ2) is 3.38. The number of rotatable bonds is 2. The van der Waals surface area contributed by atoms with Crippen LogP contribution in [0.25, 0.3) is 0 Å². The van der Waals surface area contributed by atoms with Gasteiger partial charge in [0, 0.05) is 0 Å². The highest BCUT2D eigenvalue weighted by Gasteiger charge is 2.22. The number of hydrogen-bond donors (Lipinski definition) is 1. The van der Waals surface area contributed by atoms with Crippen LogP contribution in [0, 0.1) is 11.3 Å². The lowest BCUT2D eigenvalue weighted by molar-refractivity contribution is 0.0452. The molecule has 1 heteroatoms. The van der Waals surface area contributed by atoms with Gasteiger partial charge in [0.25, 0.3) is 0 Å². The van der Waals surface area contributed by atoms with Crippen molar-refractivity contribution in [3.8, 4) is 0 Å². The summed E-state index contributed by atoms with van der Waals surface area (Å²) in [6.45, 7) is 10.5. The van der Waals surface area contributed by atoms with E-state index in [1.54, 1.807) is 0 Å². The molecule has 10 heavy (non-hydrogen) atoms. The normalized spacial score (nSPS) is 15.9. The van der Waals surface area contributed by atoms with Gasteiger partial charge in [0.2, 0.25) is 0 Å². The third-order valence-corrected chi connectivity index (χ3v) is 1.69. The Morgan fingerprint density at radius 1 is 1.20 bits per heavy atom. The van der Waals surface area contributed by atoms with E-state index in [0.717, 1.165) is 6.42 Å². The molecule has 0 bridgehead atoms. The van der Waals surface area contributed by atoms with Gasteiger partial charge in [-0.2, -0.15) is 0 Å². The first kappa shape index (κ1) is 9.96. The molecule has 1 atom stereocenters. The zero-order chi connectivity index (χ0) is 8.36. The third kappa shape index (κ3) is 3.89. The fraction of sp³-hybridized carbons (Fsp3) is 1.00. The van der Waals surface area contributed by atoms with Crippen LogP contribution in [0.4, 0.5) is 0 Å². The van der Waals surface area contributed by atoms with E-state index in [1.807, 2.05) is 0 Å². The van der Waals surface area contributed by atoms with Crippen molar-refractivity contribution in [1.82, 2.24) is 0 Å². The summed E-state index contributed by atoms with van der Waals surface area (Å²) in [5, 5.41) is 9.56. The van der Waals surface area contributed by atoms with Gasteiger partial charge in [0.15, 0.2) is 0 Å². The molecule has 0 aromatic heterocycles. The van der Waals surface area contributed by atoms with Crippen LogP contribution >= 0.6 is 0 Å². The summed E-state index contributed by atoms with van der Waals surface area (Å²) in [6, 6.07) is 0. The van der Waals surface area contributed by atoms with Gasteiger partial charge in [-0.1, -0.05) is 34.6 Å². The smallest absolute Gasteiger partial charge is 0.0590 e. The van der Waals surface area contributed by atoms with Crippen molar-refractivity contribution in [2.75, 3.05) is 0 Å². The van der Waals surface area contributed by atoms with E-state index in [2.05, 4.69) is 34.6 Å². The summed E-state index contributed by atoms with van der Waals surface area (Å²) < 4.78 is 0. The molecule has 0 saturated heterocycles. The molecule has 0 heterocycles. The maximum absolute atomic E-state index is 9.56. The average molecular weight is 144 g/mol. The maximum atomic E-state index is 9.56. The number of aliphatic hydroxyl groups is 1. The molecule has 1 nitrogen and oxygen atoms in total. The van der Waals surface area contributed by atoms with E-state index in [1.165, 1.54) is 0 Å². The Labute approximate surface area is 64.5 Å². The second-order valence-corrected chi connectivity index (χ2v) is 4.51. The highest BCUT2D eigenvalue weighted by Crippen LogP contribution is 2.23. The molecule has 0 spiro atoms. The first-order valence-electron chi connectivity index (χ1n) is 4.02. The lowest BCUT2D eigenvalue weighted by Crippen LogP contribution is -2.27. The Balaban J connectivity index is 3.73. The summed E-state index contributed by atoms with van der Waals surface area (Å²) in [5.74, 6) is 0.592. The molecule has 0 fully saturated rings. The first-order chi connectivity index (χ1) is 4.34. The topological polar surface area (TPSA) is 20.2 Å². The molecule has 1 N–H and O–H groups in total. The summed E-state index contributed by atoms with van der Waals surface area (Å²) in [6.07, 6.45) is 0.747. The Hall–Kier alpha value is -0.0400. The van der Waals surface area contributed by atoms with Crippen molar-refractivity contribution in [3.63, 3.8) is 0 Å². The van der Waals surface area contributed by atoms with E-state index in [4.69, 9.17) is 0 Å². The summed E-state index contributed by atoms with van der Waals surface area (Å²) in [7, 11) is 0. The van der Waals surface area contributed by atoms with Gasteiger partial charge < -0.3 is 5.11 Å². The van der Waals surface area contributed by atoms with Crippen molar-refractivity contribution < 1.29 is 5.11 Å². The minimum Gasteiger partial charge on any atom is -0.393 e. The predicted octanol–water partition coefficient (Wildman–Crippen LogP) is 2.44. The molecule has 0 aliphatic rings. The minimum atomic E-state index is -0.160.